The number of nitrogens with two attached hydrogens (primary N) is 1. The summed E-state index contributed by atoms with van der Waals surface area (Å²) < 4.78 is 11.2. The second-order valence-electron chi connectivity index (χ2n) is 5.20. The molecule has 3 N–H and O–H groups in total. The van der Waals surface area contributed by atoms with Gasteiger partial charge in [-0.15, -0.1) is 0 Å². The summed E-state index contributed by atoms with van der Waals surface area (Å²) in [5.74, 6) is 0.756. The van der Waals surface area contributed by atoms with Crippen LogP contribution in [0, 0.1) is 0 Å². The first-order valence-corrected chi connectivity index (χ1v) is 7.00. The average molecular weight is 264 g/mol. The average Bonchev–Trinajstić information content (AvgIpc) is 2.38. The van der Waals surface area contributed by atoms with E-state index in [0.29, 0.717) is 12.3 Å². The largest absolute Gasteiger partial charge is 0.491 e. The molecule has 0 heterocycles. The molecule has 1 aliphatic rings. The van der Waals surface area contributed by atoms with Crippen LogP contribution >= 0.6 is 0 Å². The fraction of sp³-hybridized carbons (Fsp3) is 0.600. The number of hydrogen-bond donors (Lipinski definition) is 2. The van der Waals surface area contributed by atoms with Crippen LogP contribution in [-0.4, -0.2) is 25.9 Å². The van der Waals surface area contributed by atoms with Gasteiger partial charge in [-0.1, -0.05) is 6.92 Å². The molecule has 1 fully saturated rings. The molecule has 4 nitrogen and oxygen atoms in total. The Morgan fingerprint density at radius 1 is 1.37 bits per heavy atom. The van der Waals surface area contributed by atoms with Crippen molar-refractivity contribution >= 4 is 11.4 Å². The maximum atomic E-state index is 5.90. The number of ether oxygens (including phenoxy) is 2. The summed E-state index contributed by atoms with van der Waals surface area (Å²) in [6.07, 6.45) is 4.49. The smallest absolute Gasteiger partial charge is 0.144 e. The number of hydrogen-bond acceptors (Lipinski definition) is 4. The van der Waals surface area contributed by atoms with Gasteiger partial charge >= 0.3 is 0 Å². The minimum Gasteiger partial charge on any atom is -0.491 e. The Hall–Kier alpha value is -1.42. The second kappa shape index (κ2) is 6.15. The highest BCUT2D eigenvalue weighted by molar-refractivity contribution is 5.61. The number of nitrogens with one attached hydrogen (secondary N) is 1. The molecule has 2 rings (SSSR count). The zero-order chi connectivity index (χ0) is 13.7. The third kappa shape index (κ3) is 3.32. The number of methoxy groups -OCH3 is 1. The predicted molar refractivity (Wildman–Crippen MR) is 78.7 cm³/mol. The summed E-state index contributed by atoms with van der Waals surface area (Å²) in [4.78, 5) is 0. The van der Waals surface area contributed by atoms with E-state index in [-0.39, 0.29) is 5.60 Å². The second-order valence-corrected chi connectivity index (χ2v) is 5.20. The molecule has 0 atom stereocenters. The zero-order valence-corrected chi connectivity index (χ0v) is 11.9. The molecule has 0 radical (unpaired) electrons. The van der Waals surface area contributed by atoms with Gasteiger partial charge < -0.3 is 20.5 Å². The molecule has 1 aromatic carbocycles. The van der Waals surface area contributed by atoms with E-state index in [2.05, 4.69) is 12.2 Å². The Morgan fingerprint density at radius 2 is 2.16 bits per heavy atom. The van der Waals surface area contributed by atoms with E-state index in [1.165, 1.54) is 6.42 Å². The van der Waals surface area contributed by atoms with Gasteiger partial charge in [0.05, 0.1) is 17.9 Å². The van der Waals surface area contributed by atoms with Gasteiger partial charge in [0.25, 0.3) is 0 Å². The van der Waals surface area contributed by atoms with Crippen LogP contribution in [0.5, 0.6) is 5.75 Å². The van der Waals surface area contributed by atoms with Crippen LogP contribution < -0.4 is 15.8 Å². The number of benzene rings is 1. The highest BCUT2D eigenvalue weighted by atomic mass is 16.5. The van der Waals surface area contributed by atoms with Crippen molar-refractivity contribution in [2.24, 2.45) is 0 Å². The molecule has 0 amide bonds. The van der Waals surface area contributed by atoms with Crippen LogP contribution in [0.1, 0.15) is 32.6 Å². The van der Waals surface area contributed by atoms with E-state index < -0.39 is 0 Å². The summed E-state index contributed by atoms with van der Waals surface area (Å²) >= 11 is 0. The van der Waals surface area contributed by atoms with E-state index in [9.17, 15) is 0 Å². The third-order valence-corrected chi connectivity index (χ3v) is 3.79. The molecule has 19 heavy (non-hydrogen) atoms. The van der Waals surface area contributed by atoms with Gasteiger partial charge in [-0.05, 0) is 37.8 Å². The van der Waals surface area contributed by atoms with Crippen molar-refractivity contribution in [1.82, 2.24) is 0 Å². The molecule has 0 spiro atoms. The molecule has 1 saturated carbocycles. The first-order valence-electron chi connectivity index (χ1n) is 7.00. The number of anilines is 2. The predicted octanol–water partition coefficient (Wildman–Crippen LogP) is 3.04. The van der Waals surface area contributed by atoms with E-state index in [4.69, 9.17) is 15.2 Å². The lowest BCUT2D eigenvalue weighted by atomic mass is 9.80. The van der Waals surface area contributed by atoms with Gasteiger partial charge in [-0.25, -0.2) is 0 Å². The Labute approximate surface area is 115 Å². The van der Waals surface area contributed by atoms with Gasteiger partial charge in [0.2, 0.25) is 0 Å². The van der Waals surface area contributed by atoms with Gasteiger partial charge in [-0.3, -0.25) is 0 Å². The van der Waals surface area contributed by atoms with Crippen molar-refractivity contribution in [1.29, 1.82) is 0 Å². The summed E-state index contributed by atoms with van der Waals surface area (Å²) in [5.41, 5.74) is 7.63. The van der Waals surface area contributed by atoms with Crippen molar-refractivity contribution in [2.75, 3.05) is 31.3 Å². The minimum atomic E-state index is 0.0197. The maximum absolute atomic E-state index is 5.90. The zero-order valence-electron chi connectivity index (χ0n) is 11.9. The highest BCUT2D eigenvalue weighted by Gasteiger charge is 2.36. The third-order valence-electron chi connectivity index (χ3n) is 3.79. The van der Waals surface area contributed by atoms with Crippen LogP contribution in [-0.2, 0) is 4.74 Å². The molecule has 1 aromatic rings. The Kier molecular flexibility index (Phi) is 4.53. The summed E-state index contributed by atoms with van der Waals surface area (Å²) in [5, 5.41) is 3.42. The molecular weight excluding hydrogens is 240 g/mol. The summed E-state index contributed by atoms with van der Waals surface area (Å²) in [7, 11) is 1.79. The molecule has 4 heteroatoms. The Balaban J connectivity index is 1.96. The standard InChI is InChI=1S/C15H24N2O2/c1-3-9-19-14-10-12(5-6-13(14)16)17-11-15(18-2)7-4-8-15/h5-6,10,17H,3-4,7-9,11,16H2,1-2H3. The molecule has 0 saturated heterocycles. The van der Waals surface area contributed by atoms with Crippen molar-refractivity contribution in [3.8, 4) is 5.75 Å². The lowest BCUT2D eigenvalue weighted by Gasteiger charge is -2.40. The number of nitrogen functional groups attached to an aromatic ring is 1. The molecule has 106 valence electrons. The molecule has 0 aliphatic heterocycles. The quantitative estimate of drug-likeness (QED) is 0.743. The summed E-state index contributed by atoms with van der Waals surface area (Å²) in [6.45, 7) is 3.60. The molecule has 0 unspecified atom stereocenters. The highest BCUT2D eigenvalue weighted by Crippen LogP contribution is 2.35. The molecule has 1 aliphatic carbocycles. The fourth-order valence-corrected chi connectivity index (χ4v) is 2.27. The molecule has 0 bridgehead atoms. The fourth-order valence-electron chi connectivity index (χ4n) is 2.27. The Morgan fingerprint density at radius 3 is 2.74 bits per heavy atom. The van der Waals surface area contributed by atoms with E-state index in [1.54, 1.807) is 7.11 Å². The van der Waals surface area contributed by atoms with Crippen LogP contribution in [0.4, 0.5) is 11.4 Å². The number of rotatable bonds is 7. The SMILES string of the molecule is CCCOc1cc(NCC2(OC)CCC2)ccc1N. The Bertz CT molecular complexity index is 411. The van der Waals surface area contributed by atoms with Crippen LogP contribution in [0.15, 0.2) is 18.2 Å². The lowest BCUT2D eigenvalue weighted by Crippen LogP contribution is -2.45. The normalized spacial score (nSPS) is 16.7. The van der Waals surface area contributed by atoms with E-state index >= 15 is 0 Å². The van der Waals surface area contributed by atoms with Crippen molar-refractivity contribution in [2.45, 2.75) is 38.2 Å². The molecular formula is C15H24N2O2. The summed E-state index contributed by atoms with van der Waals surface area (Å²) in [6, 6.07) is 5.83. The maximum Gasteiger partial charge on any atom is 0.144 e. The van der Waals surface area contributed by atoms with Gasteiger partial charge in [0.15, 0.2) is 0 Å². The molecule has 0 aromatic heterocycles. The topological polar surface area (TPSA) is 56.5 Å². The first kappa shape index (κ1) is 14.0. The van der Waals surface area contributed by atoms with Crippen molar-refractivity contribution in [3.63, 3.8) is 0 Å². The first-order chi connectivity index (χ1) is 9.19. The van der Waals surface area contributed by atoms with Crippen LogP contribution in [0.25, 0.3) is 0 Å². The van der Waals surface area contributed by atoms with Crippen molar-refractivity contribution < 1.29 is 9.47 Å². The monoisotopic (exact) mass is 264 g/mol. The minimum absolute atomic E-state index is 0.0197. The van der Waals surface area contributed by atoms with Gasteiger partial charge in [-0.2, -0.15) is 0 Å². The van der Waals surface area contributed by atoms with Crippen LogP contribution in [0.2, 0.25) is 0 Å². The van der Waals surface area contributed by atoms with Crippen molar-refractivity contribution in [3.05, 3.63) is 18.2 Å². The van der Waals surface area contributed by atoms with E-state index in [0.717, 1.165) is 37.2 Å². The lowest BCUT2D eigenvalue weighted by molar-refractivity contribution is -0.0601. The van der Waals surface area contributed by atoms with Crippen LogP contribution in [0.3, 0.4) is 0 Å². The van der Waals surface area contributed by atoms with E-state index in [1.807, 2.05) is 18.2 Å². The van der Waals surface area contributed by atoms with Gasteiger partial charge in [0.1, 0.15) is 5.75 Å². The van der Waals surface area contributed by atoms with Gasteiger partial charge in [0, 0.05) is 25.4 Å².